The van der Waals surface area contributed by atoms with Gasteiger partial charge in [-0.15, -0.1) is 0 Å². The van der Waals surface area contributed by atoms with Gasteiger partial charge in [-0.25, -0.2) is 9.50 Å². The normalized spacial score (nSPS) is 11.8. The highest BCUT2D eigenvalue weighted by atomic mass is 16.3. The first-order chi connectivity index (χ1) is 10.0. The minimum absolute atomic E-state index is 0.220. The largest absolute Gasteiger partial charge is 0.388 e. The number of nitrogens with zero attached hydrogens (tertiary/aromatic N) is 4. The fraction of sp³-hybridized carbons (Fsp3) is 0.571. The number of carbonyl (C=O) groups excluding carboxylic acids is 1. The molecule has 7 nitrogen and oxygen atoms in total. The zero-order valence-electron chi connectivity index (χ0n) is 12.6. The third-order valence-electron chi connectivity index (χ3n) is 3.88. The third kappa shape index (κ3) is 3.02. The van der Waals surface area contributed by atoms with Crippen molar-refractivity contribution in [3.8, 4) is 0 Å². The van der Waals surface area contributed by atoms with Crippen LogP contribution in [0.1, 0.15) is 49.7 Å². The first kappa shape index (κ1) is 15.4. The number of hydrogen-bond acceptors (Lipinski definition) is 5. The molecule has 0 aromatic carbocycles. The van der Waals surface area contributed by atoms with Crippen molar-refractivity contribution in [2.45, 2.75) is 45.6 Å². The minimum atomic E-state index is -0.868. The van der Waals surface area contributed by atoms with E-state index in [1.165, 1.54) is 12.5 Å². The van der Waals surface area contributed by atoms with Gasteiger partial charge >= 0.3 is 0 Å². The van der Waals surface area contributed by atoms with Gasteiger partial charge in [-0.3, -0.25) is 4.79 Å². The summed E-state index contributed by atoms with van der Waals surface area (Å²) in [5.41, 5.74) is 0.351. The zero-order chi connectivity index (χ0) is 15.5. The summed E-state index contributed by atoms with van der Waals surface area (Å²) in [4.78, 5) is 20.5. The smallest absolute Gasteiger partial charge is 0.254 e. The Morgan fingerprint density at radius 1 is 1.33 bits per heavy atom. The lowest BCUT2D eigenvalue weighted by atomic mass is 9.97. The zero-order valence-corrected chi connectivity index (χ0v) is 12.6. The number of aliphatic hydroxyl groups is 1. The molecule has 0 saturated carbocycles. The molecule has 0 radical (unpaired) electrons. The molecule has 0 aliphatic rings. The molecule has 0 atom stereocenters. The van der Waals surface area contributed by atoms with Gasteiger partial charge in [0, 0.05) is 12.7 Å². The van der Waals surface area contributed by atoms with E-state index in [9.17, 15) is 9.90 Å². The summed E-state index contributed by atoms with van der Waals surface area (Å²) < 4.78 is 1.57. The van der Waals surface area contributed by atoms with E-state index in [-0.39, 0.29) is 12.5 Å². The number of fused-ring (bicyclic) bond motifs is 1. The van der Waals surface area contributed by atoms with Crippen LogP contribution in [-0.2, 0) is 6.42 Å². The molecule has 0 saturated heterocycles. The SMILES string of the molecule is CCc1c(C(=O)NCC(O)(CC)CC)cnc2ncnn12. The van der Waals surface area contributed by atoms with Crippen LogP contribution in [0.2, 0.25) is 0 Å². The van der Waals surface area contributed by atoms with E-state index < -0.39 is 5.60 Å². The number of amides is 1. The molecule has 114 valence electrons. The molecular formula is C14H21N5O2. The second-order valence-electron chi connectivity index (χ2n) is 5.06. The Bertz CT molecular complexity index is 633. The van der Waals surface area contributed by atoms with Gasteiger partial charge in [0.15, 0.2) is 0 Å². The summed E-state index contributed by atoms with van der Waals surface area (Å²) >= 11 is 0. The van der Waals surface area contributed by atoms with Crippen LogP contribution < -0.4 is 5.32 Å². The Labute approximate surface area is 123 Å². The molecule has 2 rings (SSSR count). The van der Waals surface area contributed by atoms with Crippen LogP contribution in [0.4, 0.5) is 0 Å². The van der Waals surface area contributed by atoms with Gasteiger partial charge in [0.25, 0.3) is 11.7 Å². The molecule has 1 amide bonds. The summed E-state index contributed by atoms with van der Waals surface area (Å²) in [7, 11) is 0. The van der Waals surface area contributed by atoms with Crippen LogP contribution in [0, 0.1) is 0 Å². The highest BCUT2D eigenvalue weighted by Crippen LogP contribution is 2.14. The summed E-state index contributed by atoms with van der Waals surface area (Å²) in [5.74, 6) is 0.221. The van der Waals surface area contributed by atoms with Crippen molar-refractivity contribution < 1.29 is 9.90 Å². The quantitative estimate of drug-likeness (QED) is 0.827. The van der Waals surface area contributed by atoms with Crippen LogP contribution in [0.15, 0.2) is 12.5 Å². The monoisotopic (exact) mass is 291 g/mol. The number of carbonyl (C=O) groups is 1. The Hall–Kier alpha value is -2.02. The number of rotatable bonds is 6. The fourth-order valence-corrected chi connectivity index (χ4v) is 2.19. The highest BCUT2D eigenvalue weighted by molar-refractivity contribution is 5.95. The maximum atomic E-state index is 12.3. The van der Waals surface area contributed by atoms with Crippen LogP contribution in [0.25, 0.3) is 5.78 Å². The average molecular weight is 291 g/mol. The molecule has 2 aromatic heterocycles. The minimum Gasteiger partial charge on any atom is -0.388 e. The lowest BCUT2D eigenvalue weighted by Crippen LogP contribution is -2.42. The second kappa shape index (κ2) is 6.17. The Balaban J connectivity index is 2.23. The molecule has 2 heterocycles. The number of aromatic nitrogens is 4. The van der Waals surface area contributed by atoms with Gasteiger partial charge in [-0.2, -0.15) is 10.1 Å². The van der Waals surface area contributed by atoms with Gasteiger partial charge in [-0.05, 0) is 19.3 Å². The van der Waals surface area contributed by atoms with Crippen molar-refractivity contribution in [3.63, 3.8) is 0 Å². The molecule has 0 aliphatic heterocycles. The second-order valence-corrected chi connectivity index (χ2v) is 5.06. The first-order valence-electron chi connectivity index (χ1n) is 7.22. The molecule has 0 aliphatic carbocycles. The molecule has 0 spiro atoms. The van der Waals surface area contributed by atoms with Crippen LogP contribution in [0.3, 0.4) is 0 Å². The maximum Gasteiger partial charge on any atom is 0.254 e. The van der Waals surface area contributed by atoms with Crippen molar-refractivity contribution in [2.24, 2.45) is 0 Å². The van der Waals surface area contributed by atoms with Gasteiger partial charge in [0.2, 0.25) is 0 Å². The van der Waals surface area contributed by atoms with E-state index in [1.807, 2.05) is 20.8 Å². The average Bonchev–Trinajstić information content (AvgIpc) is 2.99. The van der Waals surface area contributed by atoms with Crippen LogP contribution >= 0.6 is 0 Å². The van der Waals surface area contributed by atoms with Crippen LogP contribution in [-0.4, -0.2) is 42.7 Å². The Kier molecular flexibility index (Phi) is 4.52. The predicted octanol–water partition coefficient (Wildman–Crippen LogP) is 0.968. The number of aryl methyl sites for hydroxylation is 1. The molecule has 0 unspecified atom stereocenters. The molecular weight excluding hydrogens is 270 g/mol. The Morgan fingerprint density at radius 3 is 2.67 bits per heavy atom. The van der Waals surface area contributed by atoms with Crippen molar-refractivity contribution >= 4 is 11.7 Å². The Morgan fingerprint density at radius 2 is 2.05 bits per heavy atom. The number of nitrogens with one attached hydrogen (secondary N) is 1. The topological polar surface area (TPSA) is 92.4 Å². The fourth-order valence-electron chi connectivity index (χ4n) is 2.19. The maximum absolute atomic E-state index is 12.3. The van der Waals surface area contributed by atoms with E-state index >= 15 is 0 Å². The third-order valence-corrected chi connectivity index (χ3v) is 3.88. The van der Waals surface area contributed by atoms with Gasteiger partial charge in [0.05, 0.1) is 16.9 Å². The van der Waals surface area contributed by atoms with E-state index in [1.54, 1.807) is 4.52 Å². The van der Waals surface area contributed by atoms with Crippen LogP contribution in [0.5, 0.6) is 0 Å². The molecule has 2 N–H and O–H groups in total. The van der Waals surface area contributed by atoms with Gasteiger partial charge in [-0.1, -0.05) is 20.8 Å². The van der Waals surface area contributed by atoms with Gasteiger partial charge in [0.1, 0.15) is 6.33 Å². The summed E-state index contributed by atoms with van der Waals surface area (Å²) in [6.45, 7) is 5.96. The lowest BCUT2D eigenvalue weighted by molar-refractivity contribution is 0.0313. The summed E-state index contributed by atoms with van der Waals surface area (Å²) in [5, 5.41) is 17.1. The standard InChI is InChI=1S/C14H21N5O2/c1-4-11-10(7-15-13-17-9-18-19(11)13)12(20)16-8-14(21,5-2)6-3/h7,9,21H,4-6,8H2,1-3H3,(H,16,20). The van der Waals surface area contributed by atoms with E-state index in [4.69, 9.17) is 0 Å². The van der Waals surface area contributed by atoms with Crippen molar-refractivity contribution in [1.29, 1.82) is 0 Å². The van der Waals surface area contributed by atoms with Gasteiger partial charge < -0.3 is 10.4 Å². The van der Waals surface area contributed by atoms with E-state index in [0.29, 0.717) is 30.6 Å². The summed E-state index contributed by atoms with van der Waals surface area (Å²) in [6, 6.07) is 0. The molecule has 2 aromatic rings. The predicted molar refractivity (Wildman–Crippen MR) is 78.0 cm³/mol. The first-order valence-corrected chi connectivity index (χ1v) is 7.22. The molecule has 0 fully saturated rings. The van der Waals surface area contributed by atoms with E-state index in [0.717, 1.165) is 5.69 Å². The molecule has 21 heavy (non-hydrogen) atoms. The number of hydrogen-bond donors (Lipinski definition) is 2. The lowest BCUT2D eigenvalue weighted by Gasteiger charge is -2.25. The van der Waals surface area contributed by atoms with E-state index in [2.05, 4.69) is 20.4 Å². The van der Waals surface area contributed by atoms with Crippen molar-refractivity contribution in [2.75, 3.05) is 6.54 Å². The molecule has 0 bridgehead atoms. The van der Waals surface area contributed by atoms with Crippen molar-refractivity contribution in [3.05, 3.63) is 23.8 Å². The van der Waals surface area contributed by atoms with Crippen molar-refractivity contribution in [1.82, 2.24) is 24.9 Å². The summed E-state index contributed by atoms with van der Waals surface area (Å²) in [6.07, 6.45) is 4.73. The highest BCUT2D eigenvalue weighted by Gasteiger charge is 2.24. The molecule has 7 heteroatoms.